The van der Waals surface area contributed by atoms with Crippen LogP contribution in [0.25, 0.3) is 0 Å². The summed E-state index contributed by atoms with van der Waals surface area (Å²) in [5.74, 6) is 1.30. The van der Waals surface area contributed by atoms with Crippen LogP contribution < -0.4 is 15.4 Å². The summed E-state index contributed by atoms with van der Waals surface area (Å²) in [5.41, 5.74) is 0. The zero-order valence-electron chi connectivity index (χ0n) is 12.7. The van der Waals surface area contributed by atoms with Gasteiger partial charge in [-0.3, -0.25) is 4.99 Å². The van der Waals surface area contributed by atoms with Crippen LogP contribution in [0.15, 0.2) is 4.99 Å². The normalized spacial score (nSPS) is 14.5. The summed E-state index contributed by atoms with van der Waals surface area (Å²) in [6.07, 6.45) is 1.84. The van der Waals surface area contributed by atoms with Gasteiger partial charge in [-0.2, -0.15) is 0 Å². The molecule has 0 rings (SSSR count). The van der Waals surface area contributed by atoms with Gasteiger partial charge in [0.05, 0.1) is 6.26 Å². The van der Waals surface area contributed by atoms with Crippen LogP contribution in [0.5, 0.6) is 0 Å². The van der Waals surface area contributed by atoms with Crippen molar-refractivity contribution in [2.75, 3.05) is 25.9 Å². The molecule has 19 heavy (non-hydrogen) atoms. The number of aliphatic imine (C=N–C) groups is 1. The van der Waals surface area contributed by atoms with Crippen LogP contribution in [0, 0.1) is 5.92 Å². The molecule has 0 aliphatic carbocycles. The van der Waals surface area contributed by atoms with Crippen LogP contribution in [0.3, 0.4) is 0 Å². The second-order valence-electron chi connectivity index (χ2n) is 4.96. The van der Waals surface area contributed by atoms with Gasteiger partial charge in [-0.1, -0.05) is 13.8 Å². The second-order valence-corrected chi connectivity index (χ2v) is 6.79. The molecular weight excluding hydrogens is 264 g/mol. The molecule has 0 radical (unpaired) electrons. The molecule has 7 heteroatoms. The van der Waals surface area contributed by atoms with Crippen LogP contribution in [0.2, 0.25) is 0 Å². The van der Waals surface area contributed by atoms with Crippen molar-refractivity contribution in [2.45, 2.75) is 40.2 Å². The standard InChI is InChI=1S/C12H28N4O2S/c1-6-13-12(16-11(4)10(2)3)14-8-7-9-15-19(5,17)18/h10-11,15H,6-9H2,1-5H3,(H2,13,14,16). The number of hydrogen-bond acceptors (Lipinski definition) is 3. The molecule has 3 N–H and O–H groups in total. The lowest BCUT2D eigenvalue weighted by atomic mass is 10.1. The first-order chi connectivity index (χ1) is 8.76. The van der Waals surface area contributed by atoms with E-state index < -0.39 is 10.0 Å². The van der Waals surface area contributed by atoms with Gasteiger partial charge in [-0.05, 0) is 26.2 Å². The Labute approximate surface area is 117 Å². The molecule has 6 nitrogen and oxygen atoms in total. The van der Waals surface area contributed by atoms with Gasteiger partial charge < -0.3 is 10.6 Å². The molecule has 0 bridgehead atoms. The fraction of sp³-hybridized carbons (Fsp3) is 0.917. The summed E-state index contributed by atoms with van der Waals surface area (Å²) in [7, 11) is -3.10. The summed E-state index contributed by atoms with van der Waals surface area (Å²) in [5, 5.41) is 6.50. The SMILES string of the molecule is CCNC(=NCCCNS(C)(=O)=O)NC(C)C(C)C. The molecule has 0 saturated carbocycles. The van der Waals surface area contributed by atoms with Crippen molar-refractivity contribution in [3.05, 3.63) is 0 Å². The van der Waals surface area contributed by atoms with Crippen LogP contribution in [-0.2, 0) is 10.0 Å². The molecule has 0 aromatic rings. The number of guanidine groups is 1. The van der Waals surface area contributed by atoms with Crippen molar-refractivity contribution in [1.29, 1.82) is 0 Å². The Morgan fingerprint density at radius 1 is 1.26 bits per heavy atom. The van der Waals surface area contributed by atoms with Crippen molar-refractivity contribution in [3.8, 4) is 0 Å². The van der Waals surface area contributed by atoms with Crippen molar-refractivity contribution >= 4 is 16.0 Å². The third kappa shape index (κ3) is 10.8. The number of nitrogens with zero attached hydrogens (tertiary/aromatic N) is 1. The minimum Gasteiger partial charge on any atom is -0.357 e. The van der Waals surface area contributed by atoms with E-state index in [1.165, 1.54) is 0 Å². The molecule has 0 aromatic carbocycles. The lowest BCUT2D eigenvalue weighted by Crippen LogP contribution is -2.44. The van der Waals surface area contributed by atoms with E-state index >= 15 is 0 Å². The van der Waals surface area contributed by atoms with E-state index in [4.69, 9.17) is 0 Å². The summed E-state index contributed by atoms with van der Waals surface area (Å²) in [6, 6.07) is 0.340. The van der Waals surface area contributed by atoms with E-state index in [1.807, 2.05) is 6.92 Å². The van der Waals surface area contributed by atoms with Crippen LogP contribution >= 0.6 is 0 Å². The molecule has 1 unspecified atom stereocenters. The second kappa shape index (κ2) is 9.14. The number of rotatable bonds is 8. The highest BCUT2D eigenvalue weighted by Crippen LogP contribution is 1.99. The van der Waals surface area contributed by atoms with E-state index in [0.717, 1.165) is 18.8 Å². The largest absolute Gasteiger partial charge is 0.357 e. The van der Waals surface area contributed by atoms with Crippen LogP contribution in [0.1, 0.15) is 34.1 Å². The molecule has 0 aromatic heterocycles. The van der Waals surface area contributed by atoms with Gasteiger partial charge >= 0.3 is 0 Å². The van der Waals surface area contributed by atoms with Gasteiger partial charge in [0.1, 0.15) is 0 Å². The Kier molecular flexibility index (Phi) is 8.75. The van der Waals surface area contributed by atoms with Crippen LogP contribution in [-0.4, -0.2) is 46.3 Å². The number of sulfonamides is 1. The highest BCUT2D eigenvalue weighted by molar-refractivity contribution is 7.88. The van der Waals surface area contributed by atoms with Crippen molar-refractivity contribution in [3.63, 3.8) is 0 Å². The molecule has 0 spiro atoms. The summed E-state index contributed by atoms with van der Waals surface area (Å²) >= 11 is 0. The first kappa shape index (κ1) is 18.2. The van der Waals surface area contributed by atoms with Crippen molar-refractivity contribution in [1.82, 2.24) is 15.4 Å². The fourth-order valence-corrected chi connectivity index (χ4v) is 1.74. The Morgan fingerprint density at radius 3 is 2.37 bits per heavy atom. The van der Waals surface area contributed by atoms with E-state index in [-0.39, 0.29) is 0 Å². The predicted octanol–water partition coefficient (Wildman–Crippen LogP) is 0.525. The predicted molar refractivity (Wildman–Crippen MR) is 80.9 cm³/mol. The first-order valence-corrected chi connectivity index (χ1v) is 8.65. The Morgan fingerprint density at radius 2 is 1.89 bits per heavy atom. The highest BCUT2D eigenvalue weighted by atomic mass is 32.2. The van der Waals surface area contributed by atoms with Gasteiger partial charge in [-0.15, -0.1) is 0 Å². The molecule has 0 amide bonds. The third-order valence-electron chi connectivity index (χ3n) is 2.68. The van der Waals surface area contributed by atoms with Crippen LogP contribution in [0.4, 0.5) is 0 Å². The topological polar surface area (TPSA) is 82.6 Å². The van der Waals surface area contributed by atoms with Gasteiger partial charge in [-0.25, -0.2) is 13.1 Å². The van der Waals surface area contributed by atoms with E-state index in [9.17, 15) is 8.42 Å². The van der Waals surface area contributed by atoms with Crippen molar-refractivity contribution < 1.29 is 8.42 Å². The first-order valence-electron chi connectivity index (χ1n) is 6.75. The summed E-state index contributed by atoms with van der Waals surface area (Å²) < 4.78 is 24.2. The van der Waals surface area contributed by atoms with Gasteiger partial charge in [0, 0.05) is 25.7 Å². The smallest absolute Gasteiger partial charge is 0.208 e. The molecule has 0 fully saturated rings. The van der Waals surface area contributed by atoms with Gasteiger partial charge in [0.2, 0.25) is 10.0 Å². The van der Waals surface area contributed by atoms with Crippen molar-refractivity contribution in [2.24, 2.45) is 10.9 Å². The molecule has 0 aliphatic rings. The number of hydrogen-bond donors (Lipinski definition) is 3. The average molecular weight is 292 g/mol. The monoisotopic (exact) mass is 292 g/mol. The maximum atomic E-state index is 10.9. The lowest BCUT2D eigenvalue weighted by molar-refractivity contribution is 0.481. The minimum atomic E-state index is -3.10. The van der Waals surface area contributed by atoms with E-state index in [0.29, 0.717) is 31.5 Å². The Bertz CT molecular complexity index is 366. The molecular formula is C12H28N4O2S. The highest BCUT2D eigenvalue weighted by Gasteiger charge is 2.08. The maximum Gasteiger partial charge on any atom is 0.208 e. The van der Waals surface area contributed by atoms with Gasteiger partial charge in [0.25, 0.3) is 0 Å². The lowest BCUT2D eigenvalue weighted by Gasteiger charge is -2.20. The third-order valence-corrected chi connectivity index (χ3v) is 3.41. The molecule has 114 valence electrons. The maximum absolute atomic E-state index is 10.9. The molecule has 0 heterocycles. The molecule has 0 saturated heterocycles. The zero-order valence-corrected chi connectivity index (χ0v) is 13.5. The zero-order chi connectivity index (χ0) is 14.9. The summed E-state index contributed by atoms with van der Waals surface area (Å²) in [4.78, 5) is 4.42. The Balaban J connectivity index is 4.12. The quantitative estimate of drug-likeness (QED) is 0.346. The molecule has 0 aliphatic heterocycles. The van der Waals surface area contributed by atoms with E-state index in [1.54, 1.807) is 0 Å². The summed E-state index contributed by atoms with van der Waals surface area (Å²) in [6.45, 7) is 10.2. The average Bonchev–Trinajstić information content (AvgIpc) is 2.26. The molecule has 1 atom stereocenters. The van der Waals surface area contributed by atoms with Gasteiger partial charge in [0.15, 0.2) is 5.96 Å². The Hall–Kier alpha value is -0.820. The van der Waals surface area contributed by atoms with E-state index in [2.05, 4.69) is 41.1 Å². The minimum absolute atomic E-state index is 0.340. The fourth-order valence-electron chi connectivity index (χ4n) is 1.23. The number of nitrogens with one attached hydrogen (secondary N) is 3.